The predicted octanol–water partition coefficient (Wildman–Crippen LogP) is 5.02. The Labute approximate surface area is 229 Å². The van der Waals surface area contributed by atoms with Crippen molar-refractivity contribution in [3.05, 3.63) is 63.1 Å². The Morgan fingerprint density at radius 2 is 1.79 bits per heavy atom. The number of hydrogen-bond acceptors (Lipinski definition) is 5. The fourth-order valence-electron chi connectivity index (χ4n) is 4.37. The number of nitrogens with one attached hydrogen (secondary N) is 1. The number of alkyl halides is 3. The molecule has 1 amide bonds. The molecule has 7 nitrogen and oxygen atoms in total. The summed E-state index contributed by atoms with van der Waals surface area (Å²) >= 11 is 12.0. The van der Waals surface area contributed by atoms with E-state index in [1.54, 1.807) is 18.2 Å². The van der Waals surface area contributed by atoms with Crippen LogP contribution in [0, 0.1) is 6.92 Å². The van der Waals surface area contributed by atoms with Gasteiger partial charge in [0, 0.05) is 44.3 Å². The molecule has 0 aliphatic carbocycles. The Morgan fingerprint density at radius 1 is 1.08 bits per heavy atom. The number of aryl methyl sites for hydroxylation is 1. The molecule has 2 atom stereocenters. The van der Waals surface area contributed by atoms with Crippen LogP contribution in [0.3, 0.4) is 0 Å². The Bertz CT molecular complexity index is 1150. The Hall–Kier alpha value is -2.53. The number of benzene rings is 2. The van der Waals surface area contributed by atoms with Crippen LogP contribution in [0.25, 0.3) is 0 Å². The van der Waals surface area contributed by atoms with Gasteiger partial charge in [-0.05, 0) is 62.2 Å². The van der Waals surface area contributed by atoms with Gasteiger partial charge in [0.05, 0.1) is 10.0 Å². The van der Waals surface area contributed by atoms with Crippen LogP contribution in [0.5, 0.6) is 5.75 Å². The molecule has 2 saturated heterocycles. The van der Waals surface area contributed by atoms with Crippen molar-refractivity contribution >= 4 is 35.1 Å². The summed E-state index contributed by atoms with van der Waals surface area (Å²) < 4.78 is 37.9. The van der Waals surface area contributed by atoms with E-state index in [2.05, 4.69) is 47.3 Å². The number of carboxylic acids is 1. The Morgan fingerprint density at radius 3 is 2.37 bits per heavy atom. The third kappa shape index (κ3) is 8.76. The first-order valence-electron chi connectivity index (χ1n) is 12.0. The molecule has 208 valence electrons. The average molecular weight is 576 g/mol. The molecule has 2 heterocycles. The monoisotopic (exact) mass is 575 g/mol. The second-order valence-electron chi connectivity index (χ2n) is 9.52. The van der Waals surface area contributed by atoms with Crippen molar-refractivity contribution in [2.24, 2.45) is 0 Å². The number of ether oxygens (including phenoxy) is 1. The largest absolute Gasteiger partial charge is 0.490 e. The van der Waals surface area contributed by atoms with Crippen LogP contribution in [0.1, 0.15) is 34.3 Å². The molecule has 2 aliphatic heterocycles. The quantitative estimate of drug-likeness (QED) is 0.503. The molecule has 12 heteroatoms. The van der Waals surface area contributed by atoms with Gasteiger partial charge in [-0.15, -0.1) is 0 Å². The molecular formula is C26H30Cl2F3N3O4. The number of carboxylic acid groups (broad SMARTS) is 1. The third-order valence-electron chi connectivity index (χ3n) is 6.32. The number of halogens is 5. The van der Waals surface area contributed by atoms with E-state index in [1.165, 1.54) is 11.1 Å². The summed E-state index contributed by atoms with van der Waals surface area (Å²) in [5.41, 5.74) is 2.98. The number of amides is 1. The van der Waals surface area contributed by atoms with E-state index in [0.717, 1.165) is 51.3 Å². The van der Waals surface area contributed by atoms with Crippen LogP contribution >= 0.6 is 23.2 Å². The standard InChI is InChI=1S/C24H29Cl2N3O2.C2HF3O2/c1-16-11-17(3-6-23(16)31-20-8-9-28(2)15-20)13-29-10-7-19(14-29)27-24(30)18-4-5-21(25)22(26)12-18;3-2(4,5)1(6)7/h3-6,11-12,19-20H,7-10,13-15H2,1-2H3,(H,27,30);(H,6,7)/t19-,20?;/m0./s1. The zero-order valence-corrected chi connectivity index (χ0v) is 22.5. The smallest absolute Gasteiger partial charge is 0.489 e. The van der Waals surface area contributed by atoms with Crippen molar-refractivity contribution in [1.82, 2.24) is 15.1 Å². The first-order valence-corrected chi connectivity index (χ1v) is 12.8. The van der Waals surface area contributed by atoms with Gasteiger partial charge in [0.1, 0.15) is 11.9 Å². The minimum atomic E-state index is -5.08. The second kappa shape index (κ2) is 13.0. The lowest BCUT2D eigenvalue weighted by atomic mass is 10.1. The fourth-order valence-corrected chi connectivity index (χ4v) is 4.67. The molecule has 0 saturated carbocycles. The van der Waals surface area contributed by atoms with Gasteiger partial charge in [-0.3, -0.25) is 9.69 Å². The van der Waals surface area contributed by atoms with Crippen LogP contribution in [0.15, 0.2) is 36.4 Å². The second-order valence-corrected chi connectivity index (χ2v) is 10.3. The van der Waals surface area contributed by atoms with Crippen LogP contribution in [-0.4, -0.2) is 78.3 Å². The molecule has 2 N–H and O–H groups in total. The maximum Gasteiger partial charge on any atom is 0.490 e. The lowest BCUT2D eigenvalue weighted by molar-refractivity contribution is -0.192. The van der Waals surface area contributed by atoms with Gasteiger partial charge in [0.25, 0.3) is 5.91 Å². The molecule has 0 aromatic heterocycles. The number of likely N-dealkylation sites (N-methyl/N-ethyl adjacent to an activating group) is 1. The van der Waals surface area contributed by atoms with Crippen LogP contribution in [-0.2, 0) is 11.3 Å². The van der Waals surface area contributed by atoms with Gasteiger partial charge in [-0.1, -0.05) is 35.3 Å². The summed E-state index contributed by atoms with van der Waals surface area (Å²) in [4.78, 5) is 26.1. The summed E-state index contributed by atoms with van der Waals surface area (Å²) in [6.07, 6.45) is -2.78. The SMILES string of the molecule is Cc1cc(CN2CC[C@H](NC(=O)c3ccc(Cl)c(Cl)c3)C2)ccc1OC1CCN(C)C1.O=C(O)C(F)(F)F. The van der Waals surface area contributed by atoms with Gasteiger partial charge in [0.15, 0.2) is 0 Å². The maximum atomic E-state index is 12.5. The lowest BCUT2D eigenvalue weighted by Gasteiger charge is -2.19. The van der Waals surface area contributed by atoms with E-state index in [1.807, 2.05) is 0 Å². The van der Waals surface area contributed by atoms with E-state index in [-0.39, 0.29) is 18.1 Å². The molecule has 2 fully saturated rings. The molecule has 4 rings (SSSR count). The molecule has 0 bridgehead atoms. The van der Waals surface area contributed by atoms with Crippen molar-refractivity contribution in [3.63, 3.8) is 0 Å². The highest BCUT2D eigenvalue weighted by molar-refractivity contribution is 6.42. The molecular weight excluding hydrogens is 546 g/mol. The first kappa shape index (κ1) is 30.0. The Kier molecular flexibility index (Phi) is 10.3. The summed E-state index contributed by atoms with van der Waals surface area (Å²) in [5, 5.41) is 11.1. The third-order valence-corrected chi connectivity index (χ3v) is 7.06. The van der Waals surface area contributed by atoms with Crippen molar-refractivity contribution in [3.8, 4) is 5.75 Å². The summed E-state index contributed by atoms with van der Waals surface area (Å²) in [7, 11) is 2.13. The molecule has 0 radical (unpaired) electrons. The average Bonchev–Trinajstić information content (AvgIpc) is 3.45. The van der Waals surface area contributed by atoms with Crippen LogP contribution in [0.2, 0.25) is 10.0 Å². The highest BCUT2D eigenvalue weighted by Crippen LogP contribution is 2.25. The van der Waals surface area contributed by atoms with E-state index in [4.69, 9.17) is 37.8 Å². The number of nitrogens with zero attached hydrogens (tertiary/aromatic N) is 2. The lowest BCUT2D eigenvalue weighted by Crippen LogP contribution is -2.37. The number of likely N-dealkylation sites (tertiary alicyclic amines) is 2. The summed E-state index contributed by atoms with van der Waals surface area (Å²) in [6.45, 7) is 6.86. The number of rotatable bonds is 6. The van der Waals surface area contributed by atoms with E-state index >= 15 is 0 Å². The van der Waals surface area contributed by atoms with Gasteiger partial charge >= 0.3 is 12.1 Å². The number of aliphatic carboxylic acids is 1. The number of hydrogen-bond donors (Lipinski definition) is 2. The van der Waals surface area contributed by atoms with E-state index < -0.39 is 12.1 Å². The van der Waals surface area contributed by atoms with Gasteiger partial charge in [0.2, 0.25) is 0 Å². The van der Waals surface area contributed by atoms with Crippen molar-refractivity contribution in [2.75, 3.05) is 33.2 Å². The zero-order chi connectivity index (χ0) is 28.0. The van der Waals surface area contributed by atoms with E-state index in [0.29, 0.717) is 15.6 Å². The van der Waals surface area contributed by atoms with Gasteiger partial charge < -0.3 is 20.1 Å². The molecule has 2 aromatic rings. The van der Waals surface area contributed by atoms with Crippen molar-refractivity contribution in [2.45, 2.75) is 44.6 Å². The Balaban J connectivity index is 0.000000505. The van der Waals surface area contributed by atoms with Crippen molar-refractivity contribution < 1.29 is 32.6 Å². The number of carbonyl (C=O) groups is 2. The van der Waals surface area contributed by atoms with Gasteiger partial charge in [-0.25, -0.2) is 4.79 Å². The minimum Gasteiger partial charge on any atom is -0.489 e. The van der Waals surface area contributed by atoms with Crippen LogP contribution in [0.4, 0.5) is 13.2 Å². The van der Waals surface area contributed by atoms with E-state index in [9.17, 15) is 18.0 Å². The van der Waals surface area contributed by atoms with Crippen molar-refractivity contribution in [1.29, 1.82) is 0 Å². The maximum absolute atomic E-state index is 12.5. The highest BCUT2D eigenvalue weighted by atomic mass is 35.5. The summed E-state index contributed by atoms with van der Waals surface area (Å²) in [5.74, 6) is -1.88. The fraction of sp³-hybridized carbons (Fsp3) is 0.462. The summed E-state index contributed by atoms with van der Waals surface area (Å²) in [6, 6.07) is 11.6. The van der Waals surface area contributed by atoms with Crippen LogP contribution < -0.4 is 10.1 Å². The highest BCUT2D eigenvalue weighted by Gasteiger charge is 2.38. The predicted molar refractivity (Wildman–Crippen MR) is 139 cm³/mol. The van der Waals surface area contributed by atoms with Gasteiger partial charge in [-0.2, -0.15) is 13.2 Å². The molecule has 1 unspecified atom stereocenters. The molecule has 2 aromatic carbocycles. The molecule has 2 aliphatic rings. The molecule has 38 heavy (non-hydrogen) atoms. The topological polar surface area (TPSA) is 82.1 Å². The first-order chi connectivity index (χ1) is 17.8. The normalized spacial score (nSPS) is 20.1. The molecule has 0 spiro atoms. The zero-order valence-electron chi connectivity index (χ0n) is 21.0. The minimum absolute atomic E-state index is 0.111. The number of carbonyl (C=O) groups excluding carboxylic acids is 1.